The Morgan fingerprint density at radius 2 is 2.33 bits per heavy atom. The number of anilines is 1. The van der Waals surface area contributed by atoms with Crippen LogP contribution in [0.2, 0.25) is 5.02 Å². The summed E-state index contributed by atoms with van der Waals surface area (Å²) in [6, 6.07) is 4.33. The van der Waals surface area contributed by atoms with Crippen molar-refractivity contribution in [2.24, 2.45) is 10.8 Å². The lowest BCUT2D eigenvalue weighted by Gasteiger charge is -2.08. The van der Waals surface area contributed by atoms with Gasteiger partial charge in [-0.1, -0.05) is 11.6 Å². The summed E-state index contributed by atoms with van der Waals surface area (Å²) in [7, 11) is 1.30. The monoisotopic (exact) mass is 269 g/mol. The van der Waals surface area contributed by atoms with E-state index in [1.54, 1.807) is 6.07 Å². The quantitative estimate of drug-likeness (QED) is 0.439. The van der Waals surface area contributed by atoms with Crippen molar-refractivity contribution in [3.05, 3.63) is 23.0 Å². The third-order valence-electron chi connectivity index (χ3n) is 1.92. The second-order valence-corrected chi connectivity index (χ2v) is 3.44. The Morgan fingerprint density at radius 3 is 2.83 bits per heavy atom. The van der Waals surface area contributed by atoms with Gasteiger partial charge in [-0.25, -0.2) is 4.39 Å². The van der Waals surface area contributed by atoms with Crippen LogP contribution >= 0.6 is 11.6 Å². The highest BCUT2D eigenvalue weighted by Gasteiger charge is 2.13. The lowest BCUT2D eigenvalue weighted by Crippen LogP contribution is -2.22. The van der Waals surface area contributed by atoms with Gasteiger partial charge in [0.2, 0.25) is 5.71 Å². The average molecular weight is 270 g/mol. The maximum absolute atomic E-state index is 13.8. The Morgan fingerprint density at radius 1 is 1.67 bits per heavy atom. The molecule has 0 aliphatic carbocycles. The number of amidine groups is 1. The van der Waals surface area contributed by atoms with Gasteiger partial charge in [-0.2, -0.15) is 10.4 Å². The van der Waals surface area contributed by atoms with E-state index in [-0.39, 0.29) is 22.2 Å². The molecular formula is C10H9ClFN5O. The minimum atomic E-state index is -0.755. The molecule has 8 heteroatoms. The van der Waals surface area contributed by atoms with Crippen molar-refractivity contribution in [1.29, 1.82) is 10.7 Å². The molecule has 6 nitrogen and oxygen atoms in total. The molecule has 0 unspecified atom stereocenters. The predicted octanol–water partition coefficient (Wildman–Crippen LogP) is 1.72. The smallest absolute Gasteiger partial charge is 0.201 e. The van der Waals surface area contributed by atoms with Crippen LogP contribution in [0.25, 0.3) is 0 Å². The van der Waals surface area contributed by atoms with Crippen molar-refractivity contribution in [2.45, 2.75) is 0 Å². The van der Waals surface area contributed by atoms with Crippen molar-refractivity contribution >= 4 is 28.8 Å². The van der Waals surface area contributed by atoms with Gasteiger partial charge in [-0.05, 0) is 12.1 Å². The molecule has 1 aromatic rings. The number of rotatable bonds is 4. The van der Waals surface area contributed by atoms with E-state index in [4.69, 9.17) is 32.7 Å². The van der Waals surface area contributed by atoms with Crippen molar-refractivity contribution < 1.29 is 9.13 Å². The highest BCUT2D eigenvalue weighted by molar-refractivity contribution is 6.46. The Labute approximate surface area is 107 Å². The molecule has 0 bridgehead atoms. The molecule has 0 amide bonds. The van der Waals surface area contributed by atoms with Gasteiger partial charge in [0.05, 0.1) is 12.1 Å². The number of hydrazone groups is 1. The molecule has 0 aliphatic rings. The number of nitriles is 1. The number of hydrogen-bond donors (Lipinski definition) is 3. The molecule has 0 radical (unpaired) electrons. The van der Waals surface area contributed by atoms with Crippen LogP contribution in [0.1, 0.15) is 0 Å². The summed E-state index contributed by atoms with van der Waals surface area (Å²) in [5.41, 5.74) is 6.78. The molecular weight excluding hydrogens is 261 g/mol. The molecule has 0 aromatic heterocycles. The summed E-state index contributed by atoms with van der Waals surface area (Å²) in [5, 5.41) is 19.2. The highest BCUT2D eigenvalue weighted by atomic mass is 35.5. The highest BCUT2D eigenvalue weighted by Crippen LogP contribution is 2.31. The van der Waals surface area contributed by atoms with E-state index in [1.807, 2.05) is 0 Å². The maximum atomic E-state index is 13.8. The molecule has 18 heavy (non-hydrogen) atoms. The molecule has 0 aliphatic heterocycles. The minimum Gasteiger partial charge on any atom is -0.494 e. The topological polar surface area (TPSA) is 107 Å². The fraction of sp³-hybridized carbons (Fsp3) is 0.100. The van der Waals surface area contributed by atoms with Gasteiger partial charge in [0, 0.05) is 0 Å². The van der Waals surface area contributed by atoms with Crippen molar-refractivity contribution in [2.75, 3.05) is 12.5 Å². The van der Waals surface area contributed by atoms with Gasteiger partial charge >= 0.3 is 0 Å². The van der Waals surface area contributed by atoms with E-state index in [9.17, 15) is 4.39 Å². The van der Waals surface area contributed by atoms with Crippen LogP contribution in [-0.2, 0) is 0 Å². The first-order valence-electron chi connectivity index (χ1n) is 4.61. The fourth-order valence-electron chi connectivity index (χ4n) is 1.05. The van der Waals surface area contributed by atoms with Crippen LogP contribution < -0.4 is 15.9 Å². The largest absolute Gasteiger partial charge is 0.494 e. The molecule has 0 heterocycles. The van der Waals surface area contributed by atoms with Gasteiger partial charge < -0.3 is 10.5 Å². The summed E-state index contributed by atoms with van der Waals surface area (Å²) < 4.78 is 18.5. The molecule has 94 valence electrons. The average Bonchev–Trinajstić information content (AvgIpc) is 2.33. The van der Waals surface area contributed by atoms with Crippen molar-refractivity contribution in [3.63, 3.8) is 0 Å². The Kier molecular flexibility index (Phi) is 4.45. The zero-order valence-corrected chi connectivity index (χ0v) is 10.0. The van der Waals surface area contributed by atoms with E-state index in [1.165, 1.54) is 19.2 Å². The van der Waals surface area contributed by atoms with Crippen LogP contribution in [0.15, 0.2) is 17.2 Å². The molecule has 0 fully saturated rings. The number of benzene rings is 1. The van der Waals surface area contributed by atoms with Crippen LogP contribution in [0.4, 0.5) is 10.1 Å². The Balaban J connectivity index is 3.12. The van der Waals surface area contributed by atoms with Crippen LogP contribution in [0, 0.1) is 22.6 Å². The van der Waals surface area contributed by atoms with E-state index in [0.717, 1.165) is 0 Å². The lowest BCUT2D eigenvalue weighted by molar-refractivity contribution is 0.387. The molecule has 4 N–H and O–H groups in total. The van der Waals surface area contributed by atoms with E-state index < -0.39 is 11.7 Å². The number of nitrogens with two attached hydrogens (primary N) is 1. The lowest BCUT2D eigenvalue weighted by atomic mass is 10.3. The minimum absolute atomic E-state index is 0.0292. The summed E-state index contributed by atoms with van der Waals surface area (Å²) in [6.07, 6.45) is 0. The van der Waals surface area contributed by atoms with Gasteiger partial charge in [0.15, 0.2) is 17.4 Å². The number of hydrogen-bond acceptors (Lipinski definition) is 5. The molecule has 0 spiro atoms. The van der Waals surface area contributed by atoms with Crippen LogP contribution in [0.3, 0.4) is 0 Å². The summed E-state index contributed by atoms with van der Waals surface area (Å²) >= 11 is 5.77. The van der Waals surface area contributed by atoms with E-state index >= 15 is 0 Å². The van der Waals surface area contributed by atoms with Crippen molar-refractivity contribution in [1.82, 2.24) is 0 Å². The first-order valence-corrected chi connectivity index (χ1v) is 4.99. The number of ether oxygens (including phenoxy) is 1. The molecule has 0 atom stereocenters. The Hall–Kier alpha value is -2.33. The number of nitrogens with one attached hydrogen (secondary N) is 2. The SMILES string of the molecule is COc1ccc(Cl)c(N/N=C(\C#N)C(=N)N)c1F. The Bertz CT molecular complexity index is 552. The third kappa shape index (κ3) is 2.87. The number of halogens is 2. The fourth-order valence-corrected chi connectivity index (χ4v) is 1.24. The normalized spacial score (nSPS) is 10.7. The summed E-state index contributed by atoms with van der Waals surface area (Å²) in [6.45, 7) is 0. The van der Waals surface area contributed by atoms with Gasteiger partial charge in [-0.3, -0.25) is 10.8 Å². The molecule has 1 rings (SSSR count). The number of nitrogens with zero attached hydrogens (tertiary/aromatic N) is 2. The standard InChI is InChI=1S/C10H9ClFN5O/c1-18-7-3-2-5(11)9(8(7)12)17-16-6(4-13)10(14)15/h2-3,17H,1H3,(H3,14,15)/b16-6+. The first kappa shape index (κ1) is 13.7. The van der Waals surface area contributed by atoms with Gasteiger partial charge in [-0.15, -0.1) is 0 Å². The zero-order chi connectivity index (χ0) is 13.7. The second kappa shape index (κ2) is 5.84. The number of methoxy groups -OCH3 is 1. The molecule has 1 aromatic carbocycles. The van der Waals surface area contributed by atoms with Crippen molar-refractivity contribution in [3.8, 4) is 11.8 Å². The predicted molar refractivity (Wildman–Crippen MR) is 66.5 cm³/mol. The van der Waals surface area contributed by atoms with Gasteiger partial charge in [0.1, 0.15) is 11.8 Å². The first-order chi connectivity index (χ1) is 8.51. The van der Waals surface area contributed by atoms with E-state index in [0.29, 0.717) is 0 Å². The third-order valence-corrected chi connectivity index (χ3v) is 2.23. The molecule has 0 saturated heterocycles. The summed E-state index contributed by atoms with van der Waals surface area (Å²) in [4.78, 5) is 0. The van der Waals surface area contributed by atoms with Crippen LogP contribution in [0.5, 0.6) is 5.75 Å². The summed E-state index contributed by atoms with van der Waals surface area (Å²) in [5.74, 6) is -1.32. The maximum Gasteiger partial charge on any atom is 0.201 e. The molecule has 0 saturated carbocycles. The van der Waals surface area contributed by atoms with E-state index in [2.05, 4.69) is 10.5 Å². The van der Waals surface area contributed by atoms with Crippen LogP contribution in [-0.4, -0.2) is 18.7 Å². The second-order valence-electron chi connectivity index (χ2n) is 3.04. The van der Waals surface area contributed by atoms with Gasteiger partial charge in [0.25, 0.3) is 0 Å². The zero-order valence-electron chi connectivity index (χ0n) is 9.29.